The van der Waals surface area contributed by atoms with Crippen LogP contribution in [0.4, 0.5) is 11.4 Å². The molecule has 2 aromatic carbocycles. The lowest BCUT2D eigenvalue weighted by Crippen LogP contribution is -1.99. The number of anilines is 2. The van der Waals surface area contributed by atoms with Gasteiger partial charge in [-0.15, -0.1) is 12.4 Å². The van der Waals surface area contributed by atoms with Crippen LogP contribution in [0.2, 0.25) is 5.02 Å². The summed E-state index contributed by atoms with van der Waals surface area (Å²) in [5, 5.41) is 4.18. The van der Waals surface area contributed by atoms with Gasteiger partial charge in [-0.25, -0.2) is 4.98 Å². The van der Waals surface area contributed by atoms with Crippen molar-refractivity contribution in [1.29, 1.82) is 0 Å². The van der Waals surface area contributed by atoms with Gasteiger partial charge in [0.1, 0.15) is 5.82 Å². The zero-order chi connectivity index (χ0) is 13.7. The van der Waals surface area contributed by atoms with Gasteiger partial charge in [-0.05, 0) is 37.3 Å². The number of hydrogen-bond acceptors (Lipinski definition) is 2. The largest absolute Gasteiger partial charge is 0.353 e. The first-order chi connectivity index (χ1) is 9.74. The molecule has 1 N–H and O–H groups in total. The summed E-state index contributed by atoms with van der Waals surface area (Å²) >= 11 is 6.13. The molecule has 2 heterocycles. The Morgan fingerprint density at radius 1 is 1.10 bits per heavy atom. The highest BCUT2D eigenvalue weighted by atomic mass is 35.5. The Labute approximate surface area is 134 Å². The summed E-state index contributed by atoms with van der Waals surface area (Å²) in [5.41, 5.74) is 5.29. The molecule has 21 heavy (non-hydrogen) atoms. The van der Waals surface area contributed by atoms with Crippen LogP contribution in [0.25, 0.3) is 17.1 Å². The summed E-state index contributed by atoms with van der Waals surface area (Å²) in [5.74, 6) is 0.951. The number of halogens is 2. The van der Waals surface area contributed by atoms with E-state index in [1.165, 1.54) is 0 Å². The summed E-state index contributed by atoms with van der Waals surface area (Å²) in [6, 6.07) is 14.0. The highest BCUT2D eigenvalue weighted by Gasteiger charge is 2.20. The van der Waals surface area contributed by atoms with Gasteiger partial charge in [0.25, 0.3) is 0 Å². The van der Waals surface area contributed by atoms with Gasteiger partial charge >= 0.3 is 0 Å². The molecule has 0 spiro atoms. The van der Waals surface area contributed by atoms with Crippen molar-refractivity contribution in [3.8, 4) is 17.1 Å². The third-order valence-electron chi connectivity index (χ3n) is 3.57. The lowest BCUT2D eigenvalue weighted by atomic mass is 10.1. The average molecular weight is 318 g/mol. The number of hydrogen-bond donors (Lipinski definition) is 1. The molecule has 0 bridgehead atoms. The van der Waals surface area contributed by atoms with Gasteiger partial charge in [0.05, 0.1) is 11.4 Å². The first kappa shape index (κ1) is 14.0. The second-order valence-electron chi connectivity index (χ2n) is 4.89. The maximum atomic E-state index is 6.13. The molecular formula is C16H13Cl2N3. The van der Waals surface area contributed by atoms with Crippen molar-refractivity contribution in [2.24, 2.45) is 0 Å². The molecule has 0 atom stereocenters. The van der Waals surface area contributed by atoms with Crippen molar-refractivity contribution < 1.29 is 0 Å². The predicted molar refractivity (Wildman–Crippen MR) is 89.3 cm³/mol. The van der Waals surface area contributed by atoms with Crippen molar-refractivity contribution in [3.05, 3.63) is 59.4 Å². The SMILES string of the molecule is Cc1cnc2n1-c1ccc(Cl)cc1Nc1ccccc1-2.Cl. The average Bonchev–Trinajstić information content (AvgIpc) is 2.75. The van der Waals surface area contributed by atoms with Crippen molar-refractivity contribution in [3.63, 3.8) is 0 Å². The Hall–Kier alpha value is -1.97. The quantitative estimate of drug-likeness (QED) is 0.495. The Morgan fingerprint density at radius 3 is 2.76 bits per heavy atom. The van der Waals surface area contributed by atoms with Gasteiger partial charge in [0, 0.05) is 28.2 Å². The van der Waals surface area contributed by atoms with Crippen molar-refractivity contribution in [2.75, 3.05) is 5.32 Å². The minimum Gasteiger partial charge on any atom is -0.353 e. The van der Waals surface area contributed by atoms with Crippen molar-refractivity contribution >= 4 is 35.4 Å². The van der Waals surface area contributed by atoms with Gasteiger partial charge in [-0.2, -0.15) is 0 Å². The molecule has 0 unspecified atom stereocenters. The summed E-state index contributed by atoms with van der Waals surface area (Å²) in [6.45, 7) is 2.06. The molecule has 4 rings (SSSR count). The molecule has 3 nitrogen and oxygen atoms in total. The standard InChI is InChI=1S/C16H12ClN3.ClH/c1-10-9-18-16-12-4-2-3-5-13(12)19-14-8-11(17)6-7-15(14)20(10)16;/h2-9,19H,1H3;1H. The molecule has 1 aliphatic rings. The highest BCUT2D eigenvalue weighted by Crippen LogP contribution is 2.39. The Kier molecular flexibility index (Phi) is 3.40. The fraction of sp³-hybridized carbons (Fsp3) is 0.0625. The summed E-state index contributed by atoms with van der Waals surface area (Å²) in [7, 11) is 0. The maximum Gasteiger partial charge on any atom is 0.146 e. The molecule has 5 heteroatoms. The molecule has 3 aromatic rings. The van der Waals surface area contributed by atoms with E-state index in [9.17, 15) is 0 Å². The number of para-hydroxylation sites is 1. The Bertz CT molecular complexity index is 824. The molecule has 0 aliphatic carbocycles. The number of imidazole rings is 1. The Morgan fingerprint density at radius 2 is 1.90 bits per heavy atom. The lowest BCUT2D eigenvalue weighted by molar-refractivity contribution is 1.02. The number of benzene rings is 2. The zero-order valence-corrected chi connectivity index (χ0v) is 12.9. The van der Waals surface area contributed by atoms with Gasteiger partial charge in [0.2, 0.25) is 0 Å². The predicted octanol–water partition coefficient (Wildman–Crippen LogP) is 4.98. The fourth-order valence-corrected chi connectivity index (χ4v) is 2.84. The minimum atomic E-state index is 0. The molecule has 106 valence electrons. The number of aryl methyl sites for hydroxylation is 1. The van der Waals surface area contributed by atoms with E-state index in [0.717, 1.165) is 39.2 Å². The summed E-state index contributed by atoms with van der Waals surface area (Å²) < 4.78 is 2.16. The van der Waals surface area contributed by atoms with Gasteiger partial charge in [-0.3, -0.25) is 4.57 Å². The van der Waals surface area contributed by atoms with E-state index < -0.39 is 0 Å². The fourth-order valence-electron chi connectivity index (χ4n) is 2.67. The first-order valence-corrected chi connectivity index (χ1v) is 6.82. The second-order valence-corrected chi connectivity index (χ2v) is 5.33. The molecule has 1 aromatic heterocycles. The van der Waals surface area contributed by atoms with Crippen LogP contribution in [-0.4, -0.2) is 9.55 Å². The van der Waals surface area contributed by atoms with E-state index in [2.05, 4.69) is 33.9 Å². The number of fused-ring (bicyclic) bond motifs is 5. The summed E-state index contributed by atoms with van der Waals surface area (Å²) in [6.07, 6.45) is 1.90. The van der Waals surface area contributed by atoms with Crippen LogP contribution in [-0.2, 0) is 0 Å². The monoisotopic (exact) mass is 317 g/mol. The normalized spacial score (nSPS) is 11.3. The van der Waals surface area contributed by atoms with E-state index in [4.69, 9.17) is 11.6 Å². The number of nitrogens with one attached hydrogen (secondary N) is 1. The van der Waals surface area contributed by atoms with Crippen LogP contribution < -0.4 is 5.32 Å². The van der Waals surface area contributed by atoms with E-state index in [0.29, 0.717) is 0 Å². The molecule has 1 aliphatic heterocycles. The van der Waals surface area contributed by atoms with Crippen LogP contribution in [0.3, 0.4) is 0 Å². The smallest absolute Gasteiger partial charge is 0.146 e. The number of nitrogens with zero attached hydrogens (tertiary/aromatic N) is 2. The topological polar surface area (TPSA) is 29.9 Å². The molecule has 0 saturated carbocycles. The molecule has 0 fully saturated rings. The second kappa shape index (κ2) is 5.10. The van der Waals surface area contributed by atoms with Crippen LogP contribution in [0.1, 0.15) is 5.69 Å². The third kappa shape index (κ3) is 2.09. The first-order valence-electron chi connectivity index (χ1n) is 6.45. The number of aromatic nitrogens is 2. The lowest BCUT2D eigenvalue weighted by Gasteiger charge is -2.11. The van der Waals surface area contributed by atoms with Gasteiger partial charge < -0.3 is 5.32 Å². The van der Waals surface area contributed by atoms with Crippen molar-refractivity contribution in [2.45, 2.75) is 6.92 Å². The molecular weight excluding hydrogens is 305 g/mol. The van der Waals surface area contributed by atoms with Crippen LogP contribution in [0.5, 0.6) is 0 Å². The van der Waals surface area contributed by atoms with Gasteiger partial charge in [-0.1, -0.05) is 23.7 Å². The van der Waals surface area contributed by atoms with E-state index in [-0.39, 0.29) is 12.4 Å². The van der Waals surface area contributed by atoms with E-state index in [1.54, 1.807) is 0 Å². The van der Waals surface area contributed by atoms with E-state index in [1.807, 2.05) is 36.5 Å². The van der Waals surface area contributed by atoms with Gasteiger partial charge in [0.15, 0.2) is 0 Å². The van der Waals surface area contributed by atoms with Crippen molar-refractivity contribution in [1.82, 2.24) is 9.55 Å². The minimum absolute atomic E-state index is 0. The third-order valence-corrected chi connectivity index (χ3v) is 3.81. The highest BCUT2D eigenvalue weighted by molar-refractivity contribution is 6.31. The van der Waals surface area contributed by atoms with Crippen LogP contribution in [0, 0.1) is 6.92 Å². The summed E-state index contributed by atoms with van der Waals surface area (Å²) in [4.78, 5) is 4.57. The Balaban J connectivity index is 0.00000132. The zero-order valence-electron chi connectivity index (χ0n) is 11.3. The van der Waals surface area contributed by atoms with Crippen LogP contribution >= 0.6 is 24.0 Å². The van der Waals surface area contributed by atoms with E-state index >= 15 is 0 Å². The maximum absolute atomic E-state index is 6.13. The molecule has 0 amide bonds. The van der Waals surface area contributed by atoms with Crippen LogP contribution in [0.15, 0.2) is 48.7 Å². The molecule has 0 saturated heterocycles. The molecule has 0 radical (unpaired) electrons. The number of rotatable bonds is 0.